The van der Waals surface area contributed by atoms with Crippen molar-refractivity contribution < 1.29 is 23.9 Å². The second-order valence-corrected chi connectivity index (χ2v) is 19.5. The summed E-state index contributed by atoms with van der Waals surface area (Å²) in [6.07, 6.45) is 9.98. The zero-order chi connectivity index (χ0) is 38.9. The molecule has 5 fully saturated rings. The highest BCUT2D eigenvalue weighted by molar-refractivity contribution is 5.83. The molecular formula is C44H68N4O5. The minimum atomic E-state index is -0.491. The molecule has 0 saturated heterocycles. The Labute approximate surface area is 319 Å². The lowest BCUT2D eigenvalue weighted by Crippen LogP contribution is -2.67. The highest BCUT2D eigenvalue weighted by Gasteiger charge is 2.72. The number of hydrogen-bond donors (Lipinski definition) is 1. The summed E-state index contributed by atoms with van der Waals surface area (Å²) >= 11 is 0. The number of rotatable bonds is 9. The molecule has 9 heteroatoms. The topological polar surface area (TPSA) is 111 Å². The van der Waals surface area contributed by atoms with Crippen molar-refractivity contribution in [3.63, 3.8) is 0 Å². The molecule has 0 bridgehead atoms. The Morgan fingerprint density at radius 3 is 2.23 bits per heavy atom. The van der Waals surface area contributed by atoms with Gasteiger partial charge in [0.2, 0.25) is 5.91 Å². The van der Waals surface area contributed by atoms with Gasteiger partial charge in [0.15, 0.2) is 0 Å². The molecule has 5 aliphatic rings. The Morgan fingerprint density at radius 2 is 1.55 bits per heavy atom. The molecule has 1 amide bonds. The normalized spacial score (nSPS) is 38.4. The number of likely N-dealkylation sites (N-methyl/N-ethyl adjacent to an activating group) is 2. The standard InChI is InChI=1S/C44H68N4O5/c1-26(2)30-15-20-44(39(51)52-25-32-29(5)46-27(3)28(4)47-32)22-21-42(9)31(38(30)44)13-14-34-41(8)18-17-35(40(6,7)33(41)16-19-43(34,42)10)53-37(50)24-48(12)36(49)23-45-11/h30-31,33-35,38,45H,1,13-25H2,2-12H3/t30-,31+,33-,34+,35-,38+,41-,42+,43+,44-/m0/s1. The molecule has 0 aromatic carbocycles. The summed E-state index contributed by atoms with van der Waals surface area (Å²) in [7, 11) is 3.39. The lowest BCUT2D eigenvalue weighted by atomic mass is 9.32. The first-order valence-corrected chi connectivity index (χ1v) is 20.5. The van der Waals surface area contributed by atoms with E-state index < -0.39 is 5.41 Å². The first-order chi connectivity index (χ1) is 24.8. The van der Waals surface area contributed by atoms with Gasteiger partial charge in [0.05, 0.1) is 34.7 Å². The molecule has 1 heterocycles. The van der Waals surface area contributed by atoms with Crippen LogP contribution in [0.3, 0.4) is 0 Å². The van der Waals surface area contributed by atoms with Crippen LogP contribution in [0.5, 0.6) is 0 Å². The Kier molecular flexibility index (Phi) is 10.6. The van der Waals surface area contributed by atoms with Crippen molar-refractivity contribution in [2.24, 2.45) is 56.7 Å². The van der Waals surface area contributed by atoms with Crippen LogP contribution in [0.4, 0.5) is 0 Å². The fraction of sp³-hybridized carbons (Fsp3) is 0.795. The predicted molar refractivity (Wildman–Crippen MR) is 206 cm³/mol. The van der Waals surface area contributed by atoms with Crippen molar-refractivity contribution in [1.82, 2.24) is 20.2 Å². The van der Waals surface area contributed by atoms with E-state index in [0.717, 1.165) is 87.0 Å². The summed E-state index contributed by atoms with van der Waals surface area (Å²) in [5, 5.41) is 2.87. The van der Waals surface area contributed by atoms with Gasteiger partial charge in [-0.3, -0.25) is 24.4 Å². The summed E-state index contributed by atoms with van der Waals surface area (Å²) in [4.78, 5) is 50.8. The number of aromatic nitrogens is 2. The number of carbonyl (C=O) groups excluding carboxylic acids is 3. The van der Waals surface area contributed by atoms with E-state index in [1.54, 1.807) is 14.1 Å². The van der Waals surface area contributed by atoms with E-state index in [1.807, 2.05) is 20.8 Å². The van der Waals surface area contributed by atoms with Crippen LogP contribution in [0.25, 0.3) is 0 Å². The van der Waals surface area contributed by atoms with Gasteiger partial charge in [-0.05, 0) is 145 Å². The molecule has 0 unspecified atom stereocenters. The Bertz CT molecular complexity index is 1640. The SMILES string of the molecule is C=C(C)[C@@H]1CC[C@]2(C(=O)OCc3nc(C)c(C)nc3C)CC[C@]3(C)[C@H](CC[C@@H]4[C@@]5(C)CC[C@H](OC(=O)CN(C)C(=O)CNC)C(C)(C)[C@@H]5CC[C@]43C)[C@@H]12. The monoisotopic (exact) mass is 733 g/mol. The number of aryl methyl sites for hydroxylation is 3. The van der Waals surface area contributed by atoms with Crippen molar-refractivity contribution in [3.8, 4) is 0 Å². The van der Waals surface area contributed by atoms with Gasteiger partial charge in [-0.2, -0.15) is 0 Å². The molecule has 0 radical (unpaired) electrons. The van der Waals surface area contributed by atoms with Crippen molar-refractivity contribution in [2.45, 2.75) is 139 Å². The molecule has 1 aromatic heterocycles. The van der Waals surface area contributed by atoms with Crippen LogP contribution in [-0.4, -0.2) is 66.0 Å². The van der Waals surface area contributed by atoms with Crippen LogP contribution in [0.2, 0.25) is 0 Å². The maximum absolute atomic E-state index is 14.5. The van der Waals surface area contributed by atoms with E-state index in [-0.39, 0.29) is 71.2 Å². The maximum atomic E-state index is 14.5. The molecule has 6 rings (SSSR count). The van der Waals surface area contributed by atoms with Crippen molar-refractivity contribution in [3.05, 3.63) is 34.9 Å². The Hall–Kier alpha value is -2.81. The minimum absolute atomic E-state index is 0.0315. The Balaban J connectivity index is 1.23. The van der Waals surface area contributed by atoms with Crippen LogP contribution >= 0.6 is 0 Å². The van der Waals surface area contributed by atoms with Gasteiger partial charge < -0.3 is 19.7 Å². The molecule has 5 saturated carbocycles. The van der Waals surface area contributed by atoms with E-state index in [2.05, 4.69) is 58.4 Å². The van der Waals surface area contributed by atoms with Crippen LogP contribution in [0.1, 0.15) is 129 Å². The molecule has 5 aliphatic carbocycles. The largest absolute Gasteiger partial charge is 0.460 e. The van der Waals surface area contributed by atoms with Gasteiger partial charge in [-0.25, -0.2) is 0 Å². The van der Waals surface area contributed by atoms with Crippen molar-refractivity contribution >= 4 is 17.8 Å². The first-order valence-electron chi connectivity index (χ1n) is 20.5. The zero-order valence-electron chi connectivity index (χ0n) is 34.7. The van der Waals surface area contributed by atoms with Gasteiger partial charge >= 0.3 is 11.9 Å². The summed E-state index contributed by atoms with van der Waals surface area (Å²) in [5.74, 6) is 1.46. The van der Waals surface area contributed by atoms with Crippen LogP contribution in [0, 0.1) is 77.4 Å². The molecule has 0 spiro atoms. The number of allylic oxidation sites excluding steroid dienone is 1. The number of hydrogen-bond acceptors (Lipinski definition) is 8. The van der Waals surface area contributed by atoms with Crippen LogP contribution in [0.15, 0.2) is 12.2 Å². The number of fused-ring (bicyclic) bond motifs is 7. The average molecular weight is 733 g/mol. The number of nitrogens with one attached hydrogen (secondary N) is 1. The smallest absolute Gasteiger partial charge is 0.325 e. The summed E-state index contributed by atoms with van der Waals surface area (Å²) in [5.41, 5.74) is 4.23. The van der Waals surface area contributed by atoms with Gasteiger partial charge in [-0.15, -0.1) is 0 Å². The third-order valence-corrected chi connectivity index (χ3v) is 16.7. The summed E-state index contributed by atoms with van der Waals surface area (Å²) in [6, 6.07) is 0. The third kappa shape index (κ3) is 6.27. The number of amides is 1. The summed E-state index contributed by atoms with van der Waals surface area (Å²) < 4.78 is 12.5. The quantitative estimate of drug-likeness (QED) is 0.203. The average Bonchev–Trinajstić information content (AvgIpc) is 3.49. The van der Waals surface area contributed by atoms with Gasteiger partial charge in [0.1, 0.15) is 19.3 Å². The third-order valence-electron chi connectivity index (χ3n) is 16.7. The predicted octanol–water partition coefficient (Wildman–Crippen LogP) is 7.69. The van der Waals surface area contributed by atoms with Crippen LogP contribution < -0.4 is 5.32 Å². The molecular weight excluding hydrogens is 665 g/mol. The van der Waals surface area contributed by atoms with Gasteiger partial charge in [0.25, 0.3) is 0 Å². The number of esters is 2. The molecule has 9 nitrogen and oxygen atoms in total. The summed E-state index contributed by atoms with van der Waals surface area (Å²) in [6.45, 7) is 25.3. The molecule has 53 heavy (non-hydrogen) atoms. The van der Waals surface area contributed by atoms with Gasteiger partial charge in [-0.1, -0.05) is 46.8 Å². The second-order valence-electron chi connectivity index (χ2n) is 19.5. The molecule has 1 aromatic rings. The molecule has 10 atom stereocenters. The first kappa shape index (κ1) is 39.9. The lowest BCUT2D eigenvalue weighted by Gasteiger charge is -2.72. The highest BCUT2D eigenvalue weighted by Crippen LogP contribution is 2.77. The lowest BCUT2D eigenvalue weighted by molar-refractivity contribution is -0.251. The molecule has 294 valence electrons. The number of nitrogens with zero attached hydrogens (tertiary/aromatic N) is 3. The van der Waals surface area contributed by atoms with E-state index in [4.69, 9.17) is 14.5 Å². The van der Waals surface area contributed by atoms with Crippen molar-refractivity contribution in [2.75, 3.05) is 27.2 Å². The number of carbonyl (C=O) groups is 3. The fourth-order valence-corrected chi connectivity index (χ4v) is 13.6. The van der Waals surface area contributed by atoms with E-state index in [0.29, 0.717) is 23.7 Å². The van der Waals surface area contributed by atoms with E-state index >= 15 is 0 Å². The van der Waals surface area contributed by atoms with Crippen molar-refractivity contribution in [1.29, 1.82) is 0 Å². The van der Waals surface area contributed by atoms with Crippen LogP contribution in [-0.2, 0) is 30.5 Å². The molecule has 1 N–H and O–H groups in total. The minimum Gasteiger partial charge on any atom is -0.460 e. The van der Waals surface area contributed by atoms with E-state index in [1.165, 1.54) is 10.5 Å². The Morgan fingerprint density at radius 1 is 0.849 bits per heavy atom. The van der Waals surface area contributed by atoms with Gasteiger partial charge in [0, 0.05) is 12.5 Å². The van der Waals surface area contributed by atoms with E-state index in [9.17, 15) is 14.4 Å². The number of ether oxygens (including phenoxy) is 2. The zero-order valence-corrected chi connectivity index (χ0v) is 34.7. The highest BCUT2D eigenvalue weighted by atomic mass is 16.5. The maximum Gasteiger partial charge on any atom is 0.325 e. The molecule has 0 aliphatic heterocycles. The second kappa shape index (κ2) is 14.0. The fourth-order valence-electron chi connectivity index (χ4n) is 13.6.